The number of nitrogens with one attached hydrogen (secondary N) is 2. The fraction of sp³-hybridized carbons (Fsp3) is 0.167. The maximum absolute atomic E-state index is 12.2. The molecule has 1 aliphatic rings. The Morgan fingerprint density at radius 3 is 2.56 bits per heavy atom. The molecule has 1 atom stereocenters. The zero-order valence-corrected chi connectivity index (χ0v) is 17.8. The highest BCUT2D eigenvalue weighted by atomic mass is 19.4. The lowest BCUT2D eigenvalue weighted by Gasteiger charge is -2.19. The Kier molecular flexibility index (Phi) is 6.06. The number of aromatic nitrogens is 3. The number of carboxylic acid groups (broad SMARTS) is 1. The zero-order valence-electron chi connectivity index (χ0n) is 17.8. The van der Waals surface area contributed by atoms with E-state index in [9.17, 15) is 18.0 Å². The molecule has 0 fully saturated rings. The number of para-hydroxylation sites is 1. The summed E-state index contributed by atoms with van der Waals surface area (Å²) in [5.74, 6) is -2.77. The van der Waals surface area contributed by atoms with Crippen LogP contribution in [0.15, 0.2) is 60.9 Å². The van der Waals surface area contributed by atoms with Crippen molar-refractivity contribution >= 4 is 22.8 Å². The zero-order chi connectivity index (χ0) is 24.5. The normalized spacial score (nSPS) is 15.2. The number of nitrogens with zero attached hydrogens (tertiary/aromatic N) is 2. The molecule has 10 heteroatoms. The number of hydrogen-bond acceptors (Lipinski definition) is 4. The Balaban J connectivity index is 0.000000344. The van der Waals surface area contributed by atoms with Crippen molar-refractivity contribution in [3.05, 3.63) is 72.2 Å². The summed E-state index contributed by atoms with van der Waals surface area (Å²) in [5, 5.41) is 11.2. The van der Waals surface area contributed by atoms with Gasteiger partial charge in [0.1, 0.15) is 0 Å². The monoisotopic (exact) mass is 468 g/mol. The first-order valence-corrected chi connectivity index (χ1v) is 10.3. The van der Waals surface area contributed by atoms with Crippen LogP contribution in [0.3, 0.4) is 0 Å². The van der Waals surface area contributed by atoms with E-state index in [4.69, 9.17) is 9.90 Å². The topological polar surface area (TPSA) is 108 Å². The quantitative estimate of drug-likeness (QED) is 0.399. The Hall–Kier alpha value is -4.21. The summed E-state index contributed by atoms with van der Waals surface area (Å²) in [6, 6.07) is 16.2. The molecule has 3 aromatic heterocycles. The van der Waals surface area contributed by atoms with Crippen LogP contribution in [0.25, 0.3) is 33.4 Å². The van der Waals surface area contributed by atoms with E-state index >= 15 is 0 Å². The summed E-state index contributed by atoms with van der Waals surface area (Å²) >= 11 is 0. The van der Waals surface area contributed by atoms with Gasteiger partial charge in [0.25, 0.3) is 5.91 Å². The molecular formula is C24H19F3N4O3. The highest BCUT2D eigenvalue weighted by Gasteiger charge is 2.38. The number of carboxylic acids is 1. The number of amides is 1. The van der Waals surface area contributed by atoms with Crippen molar-refractivity contribution in [1.29, 1.82) is 0 Å². The number of carbonyl (C=O) groups is 2. The van der Waals surface area contributed by atoms with E-state index in [0.717, 1.165) is 51.1 Å². The van der Waals surface area contributed by atoms with Crippen LogP contribution in [-0.4, -0.2) is 44.2 Å². The van der Waals surface area contributed by atoms with E-state index in [1.54, 1.807) is 6.20 Å². The third-order valence-electron chi connectivity index (χ3n) is 5.23. The average Bonchev–Trinajstić information content (AvgIpc) is 3.23. The van der Waals surface area contributed by atoms with Crippen molar-refractivity contribution in [3.63, 3.8) is 0 Å². The molecule has 0 radical (unpaired) electrons. The number of hydrogen-bond donors (Lipinski definition) is 3. The van der Waals surface area contributed by atoms with Crippen molar-refractivity contribution in [2.75, 3.05) is 0 Å². The van der Waals surface area contributed by atoms with E-state index in [-0.39, 0.29) is 11.9 Å². The van der Waals surface area contributed by atoms with Crippen molar-refractivity contribution in [2.45, 2.75) is 25.6 Å². The largest absolute Gasteiger partial charge is 0.490 e. The third kappa shape index (κ3) is 4.90. The Labute approximate surface area is 191 Å². The molecule has 1 aliphatic heterocycles. The highest BCUT2D eigenvalue weighted by molar-refractivity contribution is 5.98. The van der Waals surface area contributed by atoms with Crippen molar-refractivity contribution < 1.29 is 27.9 Å². The predicted molar refractivity (Wildman–Crippen MR) is 119 cm³/mol. The van der Waals surface area contributed by atoms with Gasteiger partial charge in [0.05, 0.1) is 16.8 Å². The molecule has 3 N–H and O–H groups in total. The van der Waals surface area contributed by atoms with Crippen LogP contribution >= 0.6 is 0 Å². The average molecular weight is 468 g/mol. The molecule has 1 amide bonds. The lowest BCUT2D eigenvalue weighted by atomic mass is 10.0. The van der Waals surface area contributed by atoms with E-state index in [0.29, 0.717) is 0 Å². The van der Waals surface area contributed by atoms with Gasteiger partial charge < -0.3 is 15.4 Å². The van der Waals surface area contributed by atoms with E-state index < -0.39 is 12.1 Å². The first kappa shape index (κ1) is 23.0. The molecule has 4 aromatic rings. The Morgan fingerprint density at radius 1 is 1.09 bits per heavy atom. The number of H-pyrrole nitrogens is 1. The first-order chi connectivity index (χ1) is 16.1. The number of aromatic amines is 1. The molecule has 4 heterocycles. The number of pyridine rings is 2. The molecule has 34 heavy (non-hydrogen) atoms. The molecule has 1 unspecified atom stereocenters. The summed E-state index contributed by atoms with van der Waals surface area (Å²) in [5.41, 5.74) is 6.45. The molecule has 7 nitrogen and oxygen atoms in total. The van der Waals surface area contributed by atoms with Crippen LogP contribution in [-0.2, 0) is 11.2 Å². The molecule has 0 aliphatic carbocycles. The van der Waals surface area contributed by atoms with Gasteiger partial charge in [0, 0.05) is 52.8 Å². The van der Waals surface area contributed by atoms with Gasteiger partial charge in [-0.1, -0.05) is 18.2 Å². The van der Waals surface area contributed by atoms with Crippen LogP contribution in [0.1, 0.15) is 23.0 Å². The summed E-state index contributed by atoms with van der Waals surface area (Å²) in [7, 11) is 0. The number of aliphatic carboxylic acids is 1. The molecule has 0 saturated carbocycles. The van der Waals surface area contributed by atoms with E-state index in [1.165, 1.54) is 0 Å². The summed E-state index contributed by atoms with van der Waals surface area (Å²) in [6.45, 7) is 2.01. The Morgan fingerprint density at radius 2 is 1.82 bits per heavy atom. The minimum atomic E-state index is -5.08. The molecular weight excluding hydrogens is 449 g/mol. The number of rotatable bonds is 2. The maximum Gasteiger partial charge on any atom is 0.490 e. The van der Waals surface area contributed by atoms with E-state index in [2.05, 4.69) is 32.4 Å². The molecule has 1 aromatic carbocycles. The number of alkyl halides is 3. The summed E-state index contributed by atoms with van der Waals surface area (Å²) in [6.07, 6.45) is -0.626. The summed E-state index contributed by atoms with van der Waals surface area (Å²) in [4.78, 5) is 33.6. The van der Waals surface area contributed by atoms with Crippen LogP contribution in [0, 0.1) is 0 Å². The smallest absolute Gasteiger partial charge is 0.475 e. The van der Waals surface area contributed by atoms with Gasteiger partial charge in [-0.2, -0.15) is 13.2 Å². The minimum Gasteiger partial charge on any atom is -0.475 e. The predicted octanol–water partition coefficient (Wildman–Crippen LogP) is 4.60. The summed E-state index contributed by atoms with van der Waals surface area (Å²) < 4.78 is 31.7. The fourth-order valence-electron chi connectivity index (χ4n) is 3.64. The second-order valence-corrected chi connectivity index (χ2v) is 7.80. The molecule has 0 bridgehead atoms. The molecule has 5 rings (SSSR count). The SMILES string of the molecule is CC1Cc2[nH]c(-c3ccnc(-c4cnc5ccccc5c4)c3)cc2C(=O)N1.O=C(O)C(F)(F)F. The van der Waals surface area contributed by atoms with Gasteiger partial charge in [-0.3, -0.25) is 14.8 Å². The van der Waals surface area contributed by atoms with Gasteiger partial charge in [0.15, 0.2) is 0 Å². The number of benzene rings is 1. The molecule has 174 valence electrons. The standard InChI is InChI=1S/C22H18N4O.C2HF3O2/c1-13-8-21-17(22(27)25-13)11-20(26-21)15-6-7-23-19(10-15)16-9-14-4-2-3-5-18(14)24-12-16;3-2(4,5)1(6)7/h2-7,9-13,26H,8H2,1H3,(H,25,27);(H,6,7). The highest BCUT2D eigenvalue weighted by Crippen LogP contribution is 2.28. The second-order valence-electron chi connectivity index (χ2n) is 7.80. The minimum absolute atomic E-state index is 0.0146. The van der Waals surface area contributed by atoms with Crippen LogP contribution in [0.2, 0.25) is 0 Å². The molecule has 0 spiro atoms. The van der Waals surface area contributed by atoms with Crippen molar-refractivity contribution in [1.82, 2.24) is 20.3 Å². The maximum atomic E-state index is 12.2. The first-order valence-electron chi connectivity index (χ1n) is 10.3. The van der Waals surface area contributed by atoms with E-state index in [1.807, 2.05) is 49.5 Å². The lowest BCUT2D eigenvalue weighted by Crippen LogP contribution is -2.38. The van der Waals surface area contributed by atoms with Gasteiger partial charge >= 0.3 is 12.1 Å². The van der Waals surface area contributed by atoms with Crippen molar-refractivity contribution in [2.24, 2.45) is 0 Å². The third-order valence-corrected chi connectivity index (χ3v) is 5.23. The van der Waals surface area contributed by atoms with Crippen molar-refractivity contribution in [3.8, 4) is 22.5 Å². The van der Waals surface area contributed by atoms with Gasteiger partial charge in [-0.15, -0.1) is 0 Å². The van der Waals surface area contributed by atoms with Gasteiger partial charge in [-0.05, 0) is 37.3 Å². The van der Waals surface area contributed by atoms with Crippen LogP contribution in [0.5, 0.6) is 0 Å². The van der Waals surface area contributed by atoms with Crippen LogP contribution < -0.4 is 5.32 Å². The van der Waals surface area contributed by atoms with Crippen LogP contribution in [0.4, 0.5) is 13.2 Å². The Bertz CT molecular complexity index is 1380. The number of halogens is 3. The number of fused-ring (bicyclic) bond motifs is 2. The van der Waals surface area contributed by atoms with Gasteiger partial charge in [-0.25, -0.2) is 4.79 Å². The van der Waals surface area contributed by atoms with Gasteiger partial charge in [0.2, 0.25) is 0 Å². The fourth-order valence-corrected chi connectivity index (χ4v) is 3.64. The number of carbonyl (C=O) groups excluding carboxylic acids is 1. The second kappa shape index (κ2) is 8.97. The molecule has 0 saturated heterocycles. The lowest BCUT2D eigenvalue weighted by molar-refractivity contribution is -0.192.